The van der Waals surface area contributed by atoms with Crippen LogP contribution >= 0.6 is 0 Å². The van der Waals surface area contributed by atoms with Gasteiger partial charge in [-0.1, -0.05) is 0 Å². The minimum Gasteiger partial charge on any atom is -0.481 e. The van der Waals surface area contributed by atoms with Crippen LogP contribution in [-0.2, 0) is 11.2 Å². The summed E-state index contributed by atoms with van der Waals surface area (Å²) < 4.78 is 1.87. The van der Waals surface area contributed by atoms with Crippen molar-refractivity contribution in [3.8, 4) is 0 Å². The lowest BCUT2D eigenvalue weighted by molar-refractivity contribution is -0.136. The molecule has 0 radical (unpaired) electrons. The lowest BCUT2D eigenvalue weighted by Gasteiger charge is -2.19. The average molecular weight is 209 g/mol. The second-order valence-corrected chi connectivity index (χ2v) is 4.00. The van der Waals surface area contributed by atoms with Crippen molar-refractivity contribution >= 4 is 5.97 Å². The van der Waals surface area contributed by atoms with Crippen molar-refractivity contribution in [3.05, 3.63) is 18.0 Å². The van der Waals surface area contributed by atoms with E-state index >= 15 is 0 Å². The standard InChI is InChI=1S/C10H15N3O2/c1-12-4-2-3-9(12)13-7-8(6-11-13)5-10(14)15/h6-7,9H,2-5H2,1H3,(H,14,15). The molecule has 82 valence electrons. The zero-order valence-corrected chi connectivity index (χ0v) is 8.76. The van der Waals surface area contributed by atoms with E-state index in [-0.39, 0.29) is 6.42 Å². The monoisotopic (exact) mass is 209 g/mol. The molecule has 0 bridgehead atoms. The first-order chi connectivity index (χ1) is 7.16. The highest BCUT2D eigenvalue weighted by molar-refractivity contribution is 5.69. The van der Waals surface area contributed by atoms with Crippen molar-refractivity contribution < 1.29 is 9.90 Å². The molecule has 1 unspecified atom stereocenters. The summed E-state index contributed by atoms with van der Waals surface area (Å²) in [6.45, 7) is 1.08. The first-order valence-electron chi connectivity index (χ1n) is 5.12. The predicted octanol–water partition coefficient (Wildman–Crippen LogP) is 0.734. The van der Waals surface area contributed by atoms with Crippen LogP contribution in [0.2, 0.25) is 0 Å². The number of nitrogens with zero attached hydrogens (tertiary/aromatic N) is 3. The average Bonchev–Trinajstić information content (AvgIpc) is 2.72. The molecule has 0 aromatic carbocycles. The Balaban J connectivity index is 2.09. The molecular weight excluding hydrogens is 194 g/mol. The highest BCUT2D eigenvalue weighted by Gasteiger charge is 2.23. The van der Waals surface area contributed by atoms with E-state index in [0.717, 1.165) is 18.5 Å². The van der Waals surface area contributed by atoms with Crippen molar-refractivity contribution in [2.45, 2.75) is 25.4 Å². The van der Waals surface area contributed by atoms with Gasteiger partial charge in [0.15, 0.2) is 0 Å². The molecule has 2 rings (SSSR count). The van der Waals surface area contributed by atoms with Gasteiger partial charge >= 0.3 is 5.97 Å². The van der Waals surface area contributed by atoms with E-state index in [1.807, 2.05) is 10.9 Å². The summed E-state index contributed by atoms with van der Waals surface area (Å²) in [5.74, 6) is -0.811. The fourth-order valence-corrected chi connectivity index (χ4v) is 2.03. The molecule has 0 aliphatic carbocycles. The molecule has 5 nitrogen and oxygen atoms in total. The fourth-order valence-electron chi connectivity index (χ4n) is 2.03. The molecular formula is C10H15N3O2. The van der Waals surface area contributed by atoms with Gasteiger partial charge in [-0.2, -0.15) is 5.10 Å². The number of rotatable bonds is 3. The summed E-state index contributed by atoms with van der Waals surface area (Å²) in [6.07, 6.45) is 6.09. The quantitative estimate of drug-likeness (QED) is 0.797. The van der Waals surface area contributed by atoms with E-state index in [1.54, 1.807) is 6.20 Å². The Morgan fingerprint density at radius 2 is 2.53 bits per heavy atom. The van der Waals surface area contributed by atoms with Gasteiger partial charge < -0.3 is 5.11 Å². The van der Waals surface area contributed by atoms with Crippen LogP contribution in [0.1, 0.15) is 24.6 Å². The van der Waals surface area contributed by atoms with Gasteiger partial charge in [-0.25, -0.2) is 0 Å². The van der Waals surface area contributed by atoms with E-state index < -0.39 is 5.97 Å². The predicted molar refractivity (Wildman–Crippen MR) is 54.5 cm³/mol. The van der Waals surface area contributed by atoms with E-state index in [4.69, 9.17) is 5.11 Å². The number of aliphatic carboxylic acids is 1. The van der Waals surface area contributed by atoms with Gasteiger partial charge in [0.2, 0.25) is 0 Å². The van der Waals surface area contributed by atoms with Crippen molar-refractivity contribution in [1.82, 2.24) is 14.7 Å². The van der Waals surface area contributed by atoms with Gasteiger partial charge in [-0.3, -0.25) is 14.4 Å². The second kappa shape index (κ2) is 4.02. The van der Waals surface area contributed by atoms with E-state index in [0.29, 0.717) is 6.17 Å². The maximum absolute atomic E-state index is 10.5. The topological polar surface area (TPSA) is 58.4 Å². The van der Waals surface area contributed by atoms with Crippen molar-refractivity contribution in [3.63, 3.8) is 0 Å². The lowest BCUT2D eigenvalue weighted by Crippen LogP contribution is -2.23. The molecule has 5 heteroatoms. The SMILES string of the molecule is CN1CCCC1n1cc(CC(=O)O)cn1. The van der Waals surface area contributed by atoms with Crippen LogP contribution in [-0.4, -0.2) is 39.3 Å². The smallest absolute Gasteiger partial charge is 0.307 e. The normalized spacial score (nSPS) is 22.1. The van der Waals surface area contributed by atoms with Crippen molar-refractivity contribution in [2.24, 2.45) is 0 Å². The molecule has 1 atom stereocenters. The summed E-state index contributed by atoms with van der Waals surface area (Å²) >= 11 is 0. The third kappa shape index (κ3) is 2.18. The Bertz CT molecular complexity index is 361. The van der Waals surface area contributed by atoms with Crippen LogP contribution in [0.3, 0.4) is 0 Å². The van der Waals surface area contributed by atoms with Gasteiger partial charge in [0.1, 0.15) is 6.17 Å². The van der Waals surface area contributed by atoms with Crippen molar-refractivity contribution in [2.75, 3.05) is 13.6 Å². The number of hydrogen-bond acceptors (Lipinski definition) is 3. The lowest BCUT2D eigenvalue weighted by atomic mass is 10.2. The molecule has 1 aromatic rings. The third-order valence-corrected chi connectivity index (χ3v) is 2.80. The molecule has 0 amide bonds. The molecule has 2 heterocycles. The summed E-state index contributed by atoms with van der Waals surface area (Å²) in [7, 11) is 2.07. The highest BCUT2D eigenvalue weighted by atomic mass is 16.4. The number of likely N-dealkylation sites (tertiary alicyclic amines) is 1. The Kier molecular flexibility index (Phi) is 2.73. The molecule has 1 fully saturated rings. The number of aromatic nitrogens is 2. The molecule has 0 saturated carbocycles. The van der Waals surface area contributed by atoms with Gasteiger partial charge in [-0.15, -0.1) is 0 Å². The Morgan fingerprint density at radius 1 is 1.73 bits per heavy atom. The first-order valence-corrected chi connectivity index (χ1v) is 5.12. The van der Waals surface area contributed by atoms with Gasteiger partial charge in [0.25, 0.3) is 0 Å². The maximum atomic E-state index is 10.5. The zero-order chi connectivity index (χ0) is 10.8. The van der Waals surface area contributed by atoms with Gasteiger partial charge in [-0.05, 0) is 26.4 Å². The molecule has 1 aliphatic heterocycles. The summed E-state index contributed by atoms with van der Waals surface area (Å²) in [5, 5.41) is 12.9. The largest absolute Gasteiger partial charge is 0.481 e. The molecule has 15 heavy (non-hydrogen) atoms. The van der Waals surface area contributed by atoms with Crippen LogP contribution in [0.4, 0.5) is 0 Å². The number of carbonyl (C=O) groups is 1. The zero-order valence-electron chi connectivity index (χ0n) is 8.76. The minimum atomic E-state index is -0.811. The first kappa shape index (κ1) is 10.2. The van der Waals surface area contributed by atoms with Crippen LogP contribution in [0, 0.1) is 0 Å². The minimum absolute atomic E-state index is 0.0520. The maximum Gasteiger partial charge on any atom is 0.307 e. The molecule has 1 aromatic heterocycles. The van der Waals surface area contributed by atoms with Crippen LogP contribution in [0.15, 0.2) is 12.4 Å². The van der Waals surface area contributed by atoms with Crippen LogP contribution in [0.5, 0.6) is 0 Å². The van der Waals surface area contributed by atoms with Crippen LogP contribution < -0.4 is 0 Å². The summed E-state index contributed by atoms with van der Waals surface area (Å²) in [4.78, 5) is 12.7. The van der Waals surface area contributed by atoms with Gasteiger partial charge in [0.05, 0.1) is 12.6 Å². The summed E-state index contributed by atoms with van der Waals surface area (Å²) in [5.41, 5.74) is 0.766. The molecule has 1 N–H and O–H groups in total. The van der Waals surface area contributed by atoms with Crippen molar-refractivity contribution in [1.29, 1.82) is 0 Å². The van der Waals surface area contributed by atoms with Crippen LogP contribution in [0.25, 0.3) is 0 Å². The number of carboxylic acids is 1. The highest BCUT2D eigenvalue weighted by Crippen LogP contribution is 2.24. The second-order valence-electron chi connectivity index (χ2n) is 4.00. The molecule has 1 saturated heterocycles. The Labute approximate surface area is 88.3 Å². The summed E-state index contributed by atoms with van der Waals surface area (Å²) in [6, 6.07) is 0. The molecule has 0 spiro atoms. The van der Waals surface area contributed by atoms with Gasteiger partial charge in [0, 0.05) is 11.8 Å². The molecule has 1 aliphatic rings. The van der Waals surface area contributed by atoms with E-state index in [2.05, 4.69) is 17.0 Å². The Hall–Kier alpha value is -1.36. The number of carboxylic acid groups (broad SMARTS) is 1. The fraction of sp³-hybridized carbons (Fsp3) is 0.600. The third-order valence-electron chi connectivity index (χ3n) is 2.80. The number of hydrogen-bond donors (Lipinski definition) is 1. The van der Waals surface area contributed by atoms with E-state index in [1.165, 1.54) is 6.42 Å². The van der Waals surface area contributed by atoms with E-state index in [9.17, 15) is 4.79 Å². The Morgan fingerprint density at radius 3 is 3.13 bits per heavy atom.